The Morgan fingerprint density at radius 1 is 1.37 bits per heavy atom. The molecule has 0 fully saturated rings. The lowest BCUT2D eigenvalue weighted by Gasteiger charge is -2.28. The number of carbonyl (C=O) groups is 1. The van der Waals surface area contributed by atoms with Crippen LogP contribution in [0.1, 0.15) is 33.3 Å². The van der Waals surface area contributed by atoms with Crippen LogP contribution < -0.4 is 5.32 Å². The fraction of sp³-hybridized carbons (Fsp3) is 0.467. The van der Waals surface area contributed by atoms with E-state index in [1.54, 1.807) is 24.3 Å². The molecule has 0 bridgehead atoms. The lowest BCUT2D eigenvalue weighted by molar-refractivity contribution is 0.0838. The summed E-state index contributed by atoms with van der Waals surface area (Å²) in [5, 5.41) is 11.3. The lowest BCUT2D eigenvalue weighted by Crippen LogP contribution is -2.28. The van der Waals surface area contributed by atoms with Crippen molar-refractivity contribution in [3.05, 3.63) is 29.8 Å². The van der Waals surface area contributed by atoms with Gasteiger partial charge in [-0.15, -0.1) is 0 Å². The van der Waals surface area contributed by atoms with E-state index in [2.05, 4.69) is 33.0 Å². The summed E-state index contributed by atoms with van der Waals surface area (Å²) in [6, 6.07) is 8.66. The van der Waals surface area contributed by atoms with E-state index >= 15 is 0 Å². The number of rotatable bonds is 4. The molecule has 1 aromatic rings. The van der Waals surface area contributed by atoms with E-state index < -0.39 is 6.09 Å². The van der Waals surface area contributed by atoms with Crippen molar-refractivity contribution in [1.82, 2.24) is 0 Å². The minimum atomic E-state index is -0.474. The maximum absolute atomic E-state index is 11.6. The van der Waals surface area contributed by atoms with E-state index in [1.165, 1.54) is 0 Å². The summed E-state index contributed by atoms with van der Waals surface area (Å²) in [5.74, 6) is 0.426. The van der Waals surface area contributed by atoms with Crippen LogP contribution in [0.15, 0.2) is 24.3 Å². The van der Waals surface area contributed by atoms with E-state index in [0.29, 0.717) is 23.8 Å². The summed E-state index contributed by atoms with van der Waals surface area (Å²) in [5.41, 5.74) is 1.12. The second-order valence-electron chi connectivity index (χ2n) is 5.53. The molecule has 0 heterocycles. The molecular weight excluding hydrogens is 240 g/mol. The van der Waals surface area contributed by atoms with Gasteiger partial charge in [0.1, 0.15) is 0 Å². The minimum absolute atomic E-state index is 0.0536. The molecule has 1 rings (SSSR count). The molecule has 4 heteroatoms. The molecule has 1 amide bonds. The summed E-state index contributed by atoms with van der Waals surface area (Å²) in [7, 11) is 0. The van der Waals surface area contributed by atoms with Crippen LogP contribution in [0.5, 0.6) is 0 Å². The minimum Gasteiger partial charge on any atom is -0.449 e. The third kappa shape index (κ3) is 4.63. The van der Waals surface area contributed by atoms with Gasteiger partial charge in [0.05, 0.1) is 18.2 Å². The Kier molecular flexibility index (Phi) is 4.94. The highest BCUT2D eigenvalue weighted by molar-refractivity contribution is 5.84. The molecule has 0 spiro atoms. The van der Waals surface area contributed by atoms with Crippen molar-refractivity contribution in [2.45, 2.75) is 27.7 Å². The highest BCUT2D eigenvalue weighted by Crippen LogP contribution is 2.26. The van der Waals surface area contributed by atoms with Crippen LogP contribution in [-0.4, -0.2) is 12.7 Å². The van der Waals surface area contributed by atoms with Crippen LogP contribution in [0.25, 0.3) is 0 Å². The van der Waals surface area contributed by atoms with Crippen LogP contribution in [0.3, 0.4) is 0 Å². The lowest BCUT2D eigenvalue weighted by atomic mass is 9.82. The van der Waals surface area contributed by atoms with Gasteiger partial charge in [-0.2, -0.15) is 5.26 Å². The van der Waals surface area contributed by atoms with E-state index in [0.717, 1.165) is 0 Å². The van der Waals surface area contributed by atoms with Crippen LogP contribution in [0.4, 0.5) is 10.5 Å². The average molecular weight is 260 g/mol. The third-order valence-corrected chi connectivity index (χ3v) is 3.40. The molecule has 0 aliphatic heterocycles. The van der Waals surface area contributed by atoms with E-state index in [9.17, 15) is 4.79 Å². The molecule has 0 aliphatic carbocycles. The van der Waals surface area contributed by atoms with Gasteiger partial charge in [-0.25, -0.2) is 4.79 Å². The van der Waals surface area contributed by atoms with Crippen LogP contribution in [0.2, 0.25) is 0 Å². The van der Waals surface area contributed by atoms with Crippen molar-refractivity contribution in [3.63, 3.8) is 0 Å². The molecule has 0 aromatic heterocycles. The maximum Gasteiger partial charge on any atom is 0.411 e. The summed E-state index contributed by atoms with van der Waals surface area (Å²) >= 11 is 0. The second-order valence-corrected chi connectivity index (χ2v) is 5.53. The summed E-state index contributed by atoms with van der Waals surface area (Å²) in [6.07, 6.45) is -0.474. The first kappa shape index (κ1) is 15.0. The monoisotopic (exact) mass is 260 g/mol. The fourth-order valence-electron chi connectivity index (χ4n) is 1.20. The molecule has 0 aliphatic rings. The molecule has 0 saturated heterocycles. The van der Waals surface area contributed by atoms with Crippen molar-refractivity contribution in [1.29, 1.82) is 5.26 Å². The molecule has 102 valence electrons. The van der Waals surface area contributed by atoms with Crippen molar-refractivity contribution in [3.8, 4) is 6.07 Å². The number of nitrogens with zero attached hydrogens (tertiary/aromatic N) is 1. The van der Waals surface area contributed by atoms with Gasteiger partial charge in [-0.05, 0) is 30.2 Å². The molecule has 4 nitrogen and oxygen atoms in total. The van der Waals surface area contributed by atoms with E-state index in [-0.39, 0.29) is 5.41 Å². The largest absolute Gasteiger partial charge is 0.449 e. The van der Waals surface area contributed by atoms with Gasteiger partial charge in [-0.1, -0.05) is 27.7 Å². The van der Waals surface area contributed by atoms with E-state index in [4.69, 9.17) is 10.00 Å². The number of ether oxygens (including phenoxy) is 1. The van der Waals surface area contributed by atoms with Gasteiger partial charge < -0.3 is 4.74 Å². The molecule has 1 N–H and O–H groups in total. The fourth-order valence-corrected chi connectivity index (χ4v) is 1.20. The zero-order chi connectivity index (χ0) is 14.5. The first-order chi connectivity index (χ1) is 8.85. The number of nitrogens with one attached hydrogen (secondary N) is 1. The van der Waals surface area contributed by atoms with Crippen LogP contribution >= 0.6 is 0 Å². The average Bonchev–Trinajstić information content (AvgIpc) is 2.37. The number of amides is 1. The standard InChI is InChI=1S/C15H20N2O2/c1-11(2)15(3,4)10-19-14(18)17-13-7-5-12(9-16)6-8-13/h5-8,11H,10H2,1-4H3,(H,17,18). The number of hydrogen-bond donors (Lipinski definition) is 1. The quantitative estimate of drug-likeness (QED) is 0.895. The van der Waals surface area contributed by atoms with Gasteiger partial charge in [0, 0.05) is 11.1 Å². The molecular formula is C15H20N2O2. The Balaban J connectivity index is 2.49. The summed E-state index contributed by atoms with van der Waals surface area (Å²) in [6.45, 7) is 8.69. The Labute approximate surface area is 114 Å². The zero-order valence-corrected chi connectivity index (χ0v) is 11.9. The SMILES string of the molecule is CC(C)C(C)(C)COC(=O)Nc1ccc(C#N)cc1. The number of anilines is 1. The molecule has 0 unspecified atom stereocenters. The Bertz CT molecular complexity index is 470. The highest BCUT2D eigenvalue weighted by atomic mass is 16.5. The maximum atomic E-state index is 11.6. The van der Waals surface area contributed by atoms with Gasteiger partial charge in [-0.3, -0.25) is 5.32 Å². The first-order valence-electron chi connectivity index (χ1n) is 6.29. The normalized spacial score (nSPS) is 10.9. The Morgan fingerprint density at radius 3 is 2.42 bits per heavy atom. The van der Waals surface area contributed by atoms with Crippen molar-refractivity contribution >= 4 is 11.8 Å². The van der Waals surface area contributed by atoms with Gasteiger partial charge in [0.2, 0.25) is 0 Å². The van der Waals surface area contributed by atoms with Gasteiger partial charge in [0.15, 0.2) is 0 Å². The number of hydrogen-bond acceptors (Lipinski definition) is 3. The molecule has 0 saturated carbocycles. The number of benzene rings is 1. The van der Waals surface area contributed by atoms with Gasteiger partial charge in [0.25, 0.3) is 0 Å². The predicted octanol–water partition coefficient (Wildman–Crippen LogP) is 3.79. The predicted molar refractivity (Wildman–Crippen MR) is 74.7 cm³/mol. The van der Waals surface area contributed by atoms with Crippen molar-refractivity contribution in [2.75, 3.05) is 11.9 Å². The van der Waals surface area contributed by atoms with Gasteiger partial charge >= 0.3 is 6.09 Å². The molecule has 1 aromatic carbocycles. The second kappa shape index (κ2) is 6.24. The van der Waals surface area contributed by atoms with E-state index in [1.807, 2.05) is 6.07 Å². The van der Waals surface area contributed by atoms with Crippen molar-refractivity contribution in [2.24, 2.45) is 11.3 Å². The highest BCUT2D eigenvalue weighted by Gasteiger charge is 2.24. The smallest absolute Gasteiger partial charge is 0.411 e. The Morgan fingerprint density at radius 2 is 1.95 bits per heavy atom. The van der Waals surface area contributed by atoms with Crippen LogP contribution in [-0.2, 0) is 4.74 Å². The molecule has 0 radical (unpaired) electrons. The number of nitriles is 1. The summed E-state index contributed by atoms with van der Waals surface area (Å²) in [4.78, 5) is 11.6. The number of carbonyl (C=O) groups excluding carboxylic acids is 1. The van der Waals surface area contributed by atoms with Crippen molar-refractivity contribution < 1.29 is 9.53 Å². The zero-order valence-electron chi connectivity index (χ0n) is 11.9. The summed E-state index contributed by atoms with van der Waals surface area (Å²) < 4.78 is 5.21. The third-order valence-electron chi connectivity index (χ3n) is 3.40. The Hall–Kier alpha value is -2.02. The topological polar surface area (TPSA) is 62.1 Å². The van der Waals surface area contributed by atoms with Crippen LogP contribution in [0, 0.1) is 22.7 Å². The first-order valence-corrected chi connectivity index (χ1v) is 6.29. The molecule has 19 heavy (non-hydrogen) atoms. The molecule has 0 atom stereocenters.